The van der Waals surface area contributed by atoms with Crippen LogP contribution >= 0.6 is 0 Å². The largest absolute Gasteiger partial charge is 0.462 e. The number of hydrogen-bond acceptors (Lipinski definition) is 4. The summed E-state index contributed by atoms with van der Waals surface area (Å²) in [5.41, 5.74) is 0. The van der Waals surface area contributed by atoms with Crippen molar-refractivity contribution in [2.45, 2.75) is 109 Å². The fourth-order valence-electron chi connectivity index (χ4n) is 4.82. The van der Waals surface area contributed by atoms with Crippen molar-refractivity contribution in [1.29, 1.82) is 0 Å². The predicted molar refractivity (Wildman–Crippen MR) is 102 cm³/mol. The second-order valence-electron chi connectivity index (χ2n) is 9.07. The lowest BCUT2D eigenvalue weighted by molar-refractivity contribution is -0.159. The molecule has 4 nitrogen and oxygen atoms in total. The maximum atomic E-state index is 11.9. The first-order valence-electron chi connectivity index (χ1n) is 11.0. The van der Waals surface area contributed by atoms with Crippen LogP contribution in [0.1, 0.15) is 90.9 Å². The summed E-state index contributed by atoms with van der Waals surface area (Å²) < 4.78 is 17.3. The lowest BCUT2D eigenvalue weighted by Crippen LogP contribution is -2.30. The fourth-order valence-corrected chi connectivity index (χ4v) is 4.82. The van der Waals surface area contributed by atoms with Gasteiger partial charge in [-0.25, -0.2) is 0 Å². The molecule has 3 rings (SSSR count). The van der Waals surface area contributed by atoms with Gasteiger partial charge in [0.1, 0.15) is 6.79 Å². The molecule has 4 heteroatoms. The van der Waals surface area contributed by atoms with E-state index in [2.05, 4.69) is 6.92 Å². The van der Waals surface area contributed by atoms with E-state index in [1.54, 1.807) is 0 Å². The molecular weight excluding hydrogens is 328 g/mol. The zero-order valence-corrected chi connectivity index (χ0v) is 16.8. The van der Waals surface area contributed by atoms with Crippen molar-refractivity contribution in [3.63, 3.8) is 0 Å². The predicted octanol–water partition coefficient (Wildman–Crippen LogP) is 5.24. The van der Waals surface area contributed by atoms with Crippen LogP contribution in [0.4, 0.5) is 0 Å². The Kier molecular flexibility index (Phi) is 7.80. The normalized spacial score (nSPS) is 38.8. The maximum absolute atomic E-state index is 11.9. The van der Waals surface area contributed by atoms with Gasteiger partial charge in [-0.05, 0) is 95.8 Å². The molecule has 0 aromatic heterocycles. The van der Waals surface area contributed by atoms with E-state index in [9.17, 15) is 4.79 Å². The summed E-state index contributed by atoms with van der Waals surface area (Å²) in [6, 6.07) is 0. The minimum atomic E-state index is 0.0371. The van der Waals surface area contributed by atoms with Crippen molar-refractivity contribution in [1.82, 2.24) is 0 Å². The van der Waals surface area contributed by atoms with Crippen molar-refractivity contribution in [2.75, 3.05) is 6.79 Å². The Morgan fingerprint density at radius 1 is 0.808 bits per heavy atom. The van der Waals surface area contributed by atoms with Crippen LogP contribution in [0.5, 0.6) is 0 Å². The molecule has 150 valence electrons. The molecule has 2 saturated carbocycles. The molecule has 2 unspecified atom stereocenters. The number of hydrogen-bond donors (Lipinski definition) is 0. The lowest BCUT2D eigenvalue weighted by atomic mass is 9.81. The van der Waals surface area contributed by atoms with E-state index in [4.69, 9.17) is 14.2 Å². The van der Waals surface area contributed by atoms with Gasteiger partial charge >= 0.3 is 5.97 Å². The van der Waals surface area contributed by atoms with Gasteiger partial charge in [0.15, 0.2) is 0 Å². The van der Waals surface area contributed by atoms with E-state index in [1.807, 2.05) is 6.92 Å². The molecular formula is C22H38O4. The van der Waals surface area contributed by atoms with Gasteiger partial charge < -0.3 is 14.2 Å². The van der Waals surface area contributed by atoms with Gasteiger partial charge in [0.05, 0.1) is 24.2 Å². The molecule has 1 saturated heterocycles. The van der Waals surface area contributed by atoms with Crippen LogP contribution in [0.2, 0.25) is 0 Å². The Bertz CT molecular complexity index is 422. The topological polar surface area (TPSA) is 44.8 Å². The van der Waals surface area contributed by atoms with Gasteiger partial charge in [-0.1, -0.05) is 6.92 Å². The van der Waals surface area contributed by atoms with E-state index in [0.717, 1.165) is 50.4 Å². The number of ether oxygens (including phenoxy) is 3. The minimum absolute atomic E-state index is 0.0371. The summed E-state index contributed by atoms with van der Waals surface area (Å²) in [5, 5.41) is 0. The van der Waals surface area contributed by atoms with Crippen LogP contribution in [0.25, 0.3) is 0 Å². The average Bonchev–Trinajstić information content (AvgIpc) is 2.64. The highest BCUT2D eigenvalue weighted by atomic mass is 16.7. The van der Waals surface area contributed by atoms with Gasteiger partial charge in [-0.2, -0.15) is 0 Å². The molecule has 3 aliphatic rings. The van der Waals surface area contributed by atoms with Gasteiger partial charge in [-0.3, -0.25) is 4.79 Å². The number of carbonyl (C=O) groups excluding carboxylic acids is 1. The monoisotopic (exact) mass is 366 g/mol. The van der Waals surface area contributed by atoms with Gasteiger partial charge in [0.25, 0.3) is 0 Å². The zero-order valence-electron chi connectivity index (χ0n) is 16.8. The molecule has 2 atom stereocenters. The van der Waals surface area contributed by atoms with Crippen molar-refractivity contribution in [2.24, 2.45) is 17.8 Å². The number of rotatable bonds is 7. The number of carbonyl (C=O) groups is 1. The molecule has 0 bridgehead atoms. The summed E-state index contributed by atoms with van der Waals surface area (Å²) in [7, 11) is 0. The van der Waals surface area contributed by atoms with Crippen LogP contribution < -0.4 is 0 Å². The molecule has 0 aromatic rings. The van der Waals surface area contributed by atoms with Crippen molar-refractivity contribution in [3.05, 3.63) is 0 Å². The van der Waals surface area contributed by atoms with E-state index < -0.39 is 0 Å². The molecule has 2 aliphatic carbocycles. The van der Waals surface area contributed by atoms with Crippen LogP contribution in [0, 0.1) is 17.8 Å². The molecule has 3 fully saturated rings. The summed E-state index contributed by atoms with van der Waals surface area (Å²) in [6.07, 6.45) is 14.8. The number of cyclic esters (lactones) is 1. The third kappa shape index (κ3) is 6.23. The third-order valence-corrected chi connectivity index (χ3v) is 6.86. The first-order chi connectivity index (χ1) is 12.6. The zero-order chi connectivity index (χ0) is 18.4. The second-order valence-corrected chi connectivity index (χ2v) is 9.07. The molecule has 0 amide bonds. The molecule has 1 aliphatic heterocycles. The Hall–Kier alpha value is -0.610. The Morgan fingerprint density at radius 3 is 2.04 bits per heavy atom. The molecule has 0 aromatic carbocycles. The van der Waals surface area contributed by atoms with Crippen LogP contribution in [-0.2, 0) is 19.0 Å². The Labute approximate surface area is 159 Å². The van der Waals surface area contributed by atoms with Crippen molar-refractivity contribution < 1.29 is 19.0 Å². The highest BCUT2D eigenvalue weighted by Crippen LogP contribution is 2.33. The molecule has 0 radical (unpaired) electrons. The Balaban J connectivity index is 1.24. The van der Waals surface area contributed by atoms with Crippen LogP contribution in [-0.4, -0.2) is 31.1 Å². The summed E-state index contributed by atoms with van der Waals surface area (Å²) >= 11 is 0. The first kappa shape index (κ1) is 20.1. The van der Waals surface area contributed by atoms with Crippen LogP contribution in [0.3, 0.4) is 0 Å². The van der Waals surface area contributed by atoms with Gasteiger partial charge in [0.2, 0.25) is 0 Å². The SMILES string of the molecule is CC1CCC(OCOC2CCC(CCC3CCC(C)OC3=O)CC2)CC1. The van der Waals surface area contributed by atoms with E-state index in [-0.39, 0.29) is 18.0 Å². The third-order valence-electron chi connectivity index (χ3n) is 6.86. The first-order valence-corrected chi connectivity index (χ1v) is 11.0. The second kappa shape index (κ2) is 10.1. The minimum Gasteiger partial charge on any atom is -0.462 e. The van der Waals surface area contributed by atoms with E-state index in [1.165, 1.54) is 38.5 Å². The molecule has 0 spiro atoms. The van der Waals surface area contributed by atoms with E-state index >= 15 is 0 Å². The highest BCUT2D eigenvalue weighted by Gasteiger charge is 2.29. The molecule has 0 N–H and O–H groups in total. The van der Waals surface area contributed by atoms with E-state index in [0.29, 0.717) is 19.0 Å². The standard InChI is InChI=1S/C22H38O4/c1-16-3-11-20(12-4-16)24-15-25-21-13-7-18(8-14-21)6-10-19-9-5-17(2)26-22(19)23/h16-21H,3-15H2,1-2H3. The van der Waals surface area contributed by atoms with Gasteiger partial charge in [0, 0.05) is 0 Å². The summed E-state index contributed by atoms with van der Waals surface area (Å²) in [5.74, 6) is 1.80. The highest BCUT2D eigenvalue weighted by molar-refractivity contribution is 5.73. The number of esters is 1. The summed E-state index contributed by atoms with van der Waals surface area (Å²) in [4.78, 5) is 11.9. The van der Waals surface area contributed by atoms with Crippen molar-refractivity contribution >= 4 is 5.97 Å². The maximum Gasteiger partial charge on any atom is 0.309 e. The Morgan fingerprint density at radius 2 is 1.42 bits per heavy atom. The van der Waals surface area contributed by atoms with Crippen LogP contribution in [0.15, 0.2) is 0 Å². The molecule has 26 heavy (non-hydrogen) atoms. The van der Waals surface area contributed by atoms with Gasteiger partial charge in [-0.15, -0.1) is 0 Å². The fraction of sp³-hybridized carbons (Fsp3) is 0.955. The summed E-state index contributed by atoms with van der Waals surface area (Å²) in [6.45, 7) is 4.80. The lowest BCUT2D eigenvalue weighted by Gasteiger charge is -2.31. The smallest absolute Gasteiger partial charge is 0.309 e. The molecule has 1 heterocycles. The quantitative estimate of drug-likeness (QED) is 0.457. The van der Waals surface area contributed by atoms with Crippen molar-refractivity contribution in [3.8, 4) is 0 Å². The average molecular weight is 367 g/mol.